The average Bonchev–Trinajstić information content (AvgIpc) is 2.54. The van der Waals surface area contributed by atoms with Gasteiger partial charge in [-0.2, -0.15) is 0 Å². The summed E-state index contributed by atoms with van der Waals surface area (Å²) in [6.07, 6.45) is -0.285. The number of aliphatic carboxylic acids is 3. The zero-order valence-electron chi connectivity index (χ0n) is 13.8. The molecule has 1 aromatic rings. The molecule has 0 unspecified atom stereocenters. The summed E-state index contributed by atoms with van der Waals surface area (Å²) in [5.41, 5.74) is 6.69. The first-order chi connectivity index (χ1) is 12.2. The summed E-state index contributed by atoms with van der Waals surface area (Å²) in [5, 5.41) is 31.2. The molecule has 0 spiro atoms. The Morgan fingerprint density at radius 1 is 0.923 bits per heavy atom. The predicted octanol–water partition coefficient (Wildman–Crippen LogP) is 0.272. The minimum absolute atomic E-state index is 0.0141. The van der Waals surface area contributed by atoms with Crippen molar-refractivity contribution in [3.8, 4) is 0 Å². The molecule has 0 bridgehead atoms. The van der Waals surface area contributed by atoms with E-state index in [1.165, 1.54) is 0 Å². The van der Waals surface area contributed by atoms with Crippen LogP contribution in [0.25, 0.3) is 0 Å². The molecule has 0 radical (unpaired) electrons. The number of nitrogens with two attached hydrogens (primary N) is 1. The van der Waals surface area contributed by atoms with Gasteiger partial charge in [-0.15, -0.1) is 0 Å². The Morgan fingerprint density at radius 3 is 1.96 bits per heavy atom. The van der Waals surface area contributed by atoms with Gasteiger partial charge in [-0.05, 0) is 30.5 Å². The molecule has 0 aliphatic rings. The summed E-state index contributed by atoms with van der Waals surface area (Å²) >= 11 is 0. The molecule has 0 saturated heterocycles. The number of benzene rings is 1. The number of carboxylic acid groups (broad SMARTS) is 3. The number of anilines is 1. The van der Waals surface area contributed by atoms with Gasteiger partial charge in [0, 0.05) is 18.5 Å². The Hall–Kier alpha value is -3.30. The van der Waals surface area contributed by atoms with E-state index in [-0.39, 0.29) is 25.7 Å². The molecule has 0 aromatic heterocycles. The second-order valence-electron chi connectivity index (χ2n) is 5.63. The number of hydrogen-bond acceptors (Lipinski definition) is 5. The van der Waals surface area contributed by atoms with Crippen molar-refractivity contribution in [3.05, 3.63) is 29.8 Å². The second-order valence-corrected chi connectivity index (χ2v) is 5.63. The molecule has 2 amide bonds. The van der Waals surface area contributed by atoms with Crippen LogP contribution in [-0.2, 0) is 20.8 Å². The van der Waals surface area contributed by atoms with Crippen LogP contribution in [-0.4, -0.2) is 51.3 Å². The third-order valence-corrected chi connectivity index (χ3v) is 3.51. The molecule has 0 saturated carbocycles. The Kier molecular flexibility index (Phi) is 7.87. The number of nitrogen functional groups attached to an aromatic ring is 1. The fraction of sp³-hybridized carbons (Fsp3) is 0.375. The molecular weight excluding hydrogens is 346 g/mol. The van der Waals surface area contributed by atoms with Crippen LogP contribution >= 0.6 is 0 Å². The topological polar surface area (TPSA) is 179 Å². The zero-order chi connectivity index (χ0) is 19.7. The quantitative estimate of drug-likeness (QED) is 0.319. The summed E-state index contributed by atoms with van der Waals surface area (Å²) in [7, 11) is 0. The van der Waals surface area contributed by atoms with E-state index < -0.39 is 36.0 Å². The van der Waals surface area contributed by atoms with Crippen LogP contribution in [0.5, 0.6) is 0 Å². The van der Waals surface area contributed by atoms with Crippen molar-refractivity contribution in [1.82, 2.24) is 10.6 Å². The van der Waals surface area contributed by atoms with Crippen molar-refractivity contribution in [2.45, 2.75) is 37.8 Å². The van der Waals surface area contributed by atoms with Gasteiger partial charge in [0.15, 0.2) is 0 Å². The minimum Gasteiger partial charge on any atom is -0.481 e. The van der Waals surface area contributed by atoms with Crippen LogP contribution in [0.3, 0.4) is 0 Å². The number of hydrogen-bond donors (Lipinski definition) is 6. The van der Waals surface area contributed by atoms with Gasteiger partial charge in [-0.25, -0.2) is 14.4 Å². The van der Waals surface area contributed by atoms with Gasteiger partial charge >= 0.3 is 23.9 Å². The maximum Gasteiger partial charge on any atom is 0.326 e. The van der Waals surface area contributed by atoms with E-state index in [0.717, 1.165) is 0 Å². The van der Waals surface area contributed by atoms with Gasteiger partial charge in [-0.3, -0.25) is 4.79 Å². The first-order valence-corrected chi connectivity index (χ1v) is 7.78. The highest BCUT2D eigenvalue weighted by Gasteiger charge is 2.24. The average molecular weight is 367 g/mol. The first-order valence-electron chi connectivity index (χ1n) is 7.78. The fourth-order valence-electron chi connectivity index (χ4n) is 2.16. The number of carboxylic acids is 3. The lowest BCUT2D eigenvalue weighted by molar-refractivity contribution is -0.140. The van der Waals surface area contributed by atoms with Gasteiger partial charge in [0.25, 0.3) is 0 Å². The normalized spacial score (nSPS) is 12.6. The highest BCUT2D eigenvalue weighted by atomic mass is 16.4. The predicted molar refractivity (Wildman–Crippen MR) is 90.6 cm³/mol. The Balaban J connectivity index is 2.64. The van der Waals surface area contributed by atoms with Gasteiger partial charge in [0.05, 0.1) is 0 Å². The maximum absolute atomic E-state index is 11.9. The lowest BCUT2D eigenvalue weighted by Gasteiger charge is -2.18. The van der Waals surface area contributed by atoms with Crippen molar-refractivity contribution >= 4 is 29.6 Å². The standard InChI is InChI=1S/C16H21N3O7/c17-10-6-4-9(5-7-10)8-12(15(24)25)19-16(26)18-11(14(22)23)2-1-3-13(20)21/h4-7,11-12H,1-3,8,17H2,(H,20,21)(H,22,23)(H,24,25)(H2,18,19,26)/t11-,12-/m0/s1. The minimum atomic E-state index is -1.34. The molecule has 0 aliphatic carbocycles. The molecule has 0 fully saturated rings. The fourth-order valence-corrected chi connectivity index (χ4v) is 2.16. The third kappa shape index (κ3) is 7.51. The molecule has 142 valence electrons. The van der Waals surface area contributed by atoms with Crippen LogP contribution in [0.4, 0.5) is 10.5 Å². The Bertz CT molecular complexity index is 660. The molecular formula is C16H21N3O7. The third-order valence-electron chi connectivity index (χ3n) is 3.51. The van der Waals surface area contributed by atoms with Crippen molar-refractivity contribution < 1.29 is 34.5 Å². The Morgan fingerprint density at radius 2 is 1.46 bits per heavy atom. The summed E-state index contributed by atoms with van der Waals surface area (Å²) in [6, 6.07) is 2.88. The largest absolute Gasteiger partial charge is 0.481 e. The smallest absolute Gasteiger partial charge is 0.326 e. The van der Waals surface area contributed by atoms with Gasteiger partial charge in [0.1, 0.15) is 12.1 Å². The van der Waals surface area contributed by atoms with Crippen molar-refractivity contribution in [2.24, 2.45) is 0 Å². The molecule has 2 atom stereocenters. The van der Waals surface area contributed by atoms with E-state index in [2.05, 4.69) is 10.6 Å². The van der Waals surface area contributed by atoms with Crippen molar-refractivity contribution in [1.29, 1.82) is 0 Å². The van der Waals surface area contributed by atoms with Crippen LogP contribution in [0.2, 0.25) is 0 Å². The van der Waals surface area contributed by atoms with E-state index in [9.17, 15) is 24.3 Å². The van der Waals surface area contributed by atoms with Crippen molar-refractivity contribution in [2.75, 3.05) is 5.73 Å². The monoisotopic (exact) mass is 367 g/mol. The van der Waals surface area contributed by atoms with Gasteiger partial charge in [0.2, 0.25) is 0 Å². The van der Waals surface area contributed by atoms with Crippen LogP contribution in [0, 0.1) is 0 Å². The number of urea groups is 1. The maximum atomic E-state index is 11.9. The van der Waals surface area contributed by atoms with Gasteiger partial charge < -0.3 is 31.7 Å². The number of rotatable bonds is 10. The number of carbonyl (C=O) groups is 4. The molecule has 1 rings (SSSR count). The molecule has 10 nitrogen and oxygen atoms in total. The summed E-state index contributed by atoms with van der Waals surface area (Å²) in [6.45, 7) is 0. The van der Waals surface area contributed by atoms with E-state index in [0.29, 0.717) is 11.3 Å². The highest BCUT2D eigenvalue weighted by Crippen LogP contribution is 2.08. The number of carbonyl (C=O) groups excluding carboxylic acids is 1. The molecule has 1 aromatic carbocycles. The summed E-state index contributed by atoms with van der Waals surface area (Å²) in [5.74, 6) is -3.70. The summed E-state index contributed by atoms with van der Waals surface area (Å²) in [4.78, 5) is 44.9. The summed E-state index contributed by atoms with van der Waals surface area (Å²) < 4.78 is 0. The number of amides is 2. The van der Waals surface area contributed by atoms with Crippen LogP contribution < -0.4 is 16.4 Å². The number of nitrogens with one attached hydrogen (secondary N) is 2. The molecule has 26 heavy (non-hydrogen) atoms. The van der Waals surface area contributed by atoms with E-state index in [1.807, 2.05) is 0 Å². The van der Waals surface area contributed by atoms with E-state index in [4.69, 9.17) is 15.9 Å². The molecule has 0 aliphatic heterocycles. The molecule has 7 N–H and O–H groups in total. The van der Waals surface area contributed by atoms with E-state index >= 15 is 0 Å². The van der Waals surface area contributed by atoms with E-state index in [1.54, 1.807) is 24.3 Å². The molecule has 0 heterocycles. The SMILES string of the molecule is Nc1ccc(C[C@H](NC(=O)N[C@@H](CCCC(=O)O)C(=O)O)C(=O)O)cc1. The van der Waals surface area contributed by atoms with Crippen LogP contribution in [0.1, 0.15) is 24.8 Å². The van der Waals surface area contributed by atoms with Crippen LogP contribution in [0.15, 0.2) is 24.3 Å². The van der Waals surface area contributed by atoms with Gasteiger partial charge in [-0.1, -0.05) is 12.1 Å². The highest BCUT2D eigenvalue weighted by molar-refractivity contribution is 5.86. The molecule has 10 heteroatoms. The lowest BCUT2D eigenvalue weighted by Crippen LogP contribution is -2.51. The Labute approximate surface area is 149 Å². The first kappa shape index (κ1) is 20.7. The van der Waals surface area contributed by atoms with Crippen molar-refractivity contribution in [3.63, 3.8) is 0 Å². The zero-order valence-corrected chi connectivity index (χ0v) is 13.8. The second kappa shape index (κ2) is 9.87. The lowest BCUT2D eigenvalue weighted by atomic mass is 10.1.